The fraction of sp³-hybridized carbons (Fsp3) is 0.125. The second kappa shape index (κ2) is 2.55. The molecule has 0 aliphatic rings. The van der Waals surface area contributed by atoms with Crippen LogP contribution in [0.3, 0.4) is 0 Å². The van der Waals surface area contributed by atoms with Crippen molar-refractivity contribution >= 4 is 22.7 Å². The highest BCUT2D eigenvalue weighted by Gasteiger charge is 2.01. The zero-order chi connectivity index (χ0) is 7.68. The Morgan fingerprint density at radius 1 is 1.45 bits per heavy atom. The van der Waals surface area contributed by atoms with Crippen molar-refractivity contribution < 1.29 is 4.42 Å². The molecular formula is C8H6ClNO. The van der Waals surface area contributed by atoms with Crippen LogP contribution in [0.25, 0.3) is 11.1 Å². The lowest BCUT2D eigenvalue weighted by molar-refractivity contribution is 0.599. The second-order valence-corrected chi connectivity index (χ2v) is 2.52. The van der Waals surface area contributed by atoms with Gasteiger partial charge in [0.2, 0.25) is 0 Å². The third kappa shape index (κ3) is 0.994. The van der Waals surface area contributed by atoms with Gasteiger partial charge in [-0.15, -0.1) is 11.6 Å². The van der Waals surface area contributed by atoms with Crippen molar-refractivity contribution in [3.05, 3.63) is 30.2 Å². The van der Waals surface area contributed by atoms with Crippen molar-refractivity contribution in [1.82, 2.24) is 4.98 Å². The molecule has 56 valence electrons. The van der Waals surface area contributed by atoms with E-state index in [1.807, 2.05) is 18.2 Å². The predicted octanol–water partition coefficient (Wildman–Crippen LogP) is 2.57. The first-order chi connectivity index (χ1) is 5.42. The van der Waals surface area contributed by atoms with Crippen LogP contribution in [0.2, 0.25) is 0 Å². The summed E-state index contributed by atoms with van der Waals surface area (Å²) in [6.45, 7) is 0. The number of nitrogens with zero attached hydrogens (tertiary/aromatic N) is 1. The summed E-state index contributed by atoms with van der Waals surface area (Å²) in [5.74, 6) is 0.465. The maximum atomic E-state index is 5.68. The number of aromatic nitrogens is 1. The standard InChI is InChI=1S/C8H6ClNO/c9-4-6-2-1-3-7-8(6)11-5-10-7/h1-3,5H,4H2. The fourth-order valence-corrected chi connectivity index (χ4v) is 1.26. The summed E-state index contributed by atoms with van der Waals surface area (Å²) < 4.78 is 5.14. The van der Waals surface area contributed by atoms with Crippen LogP contribution < -0.4 is 0 Å². The lowest BCUT2D eigenvalue weighted by Crippen LogP contribution is -1.77. The van der Waals surface area contributed by atoms with Crippen molar-refractivity contribution in [2.75, 3.05) is 0 Å². The molecule has 0 spiro atoms. The zero-order valence-electron chi connectivity index (χ0n) is 5.75. The van der Waals surface area contributed by atoms with Gasteiger partial charge in [-0.25, -0.2) is 4.98 Å². The smallest absolute Gasteiger partial charge is 0.181 e. The van der Waals surface area contributed by atoms with Gasteiger partial charge in [0.25, 0.3) is 0 Å². The van der Waals surface area contributed by atoms with Crippen LogP contribution in [-0.4, -0.2) is 4.98 Å². The van der Waals surface area contributed by atoms with E-state index in [2.05, 4.69) is 4.98 Å². The molecule has 0 aliphatic carbocycles. The number of halogens is 1. The second-order valence-electron chi connectivity index (χ2n) is 2.25. The van der Waals surface area contributed by atoms with Gasteiger partial charge in [0.15, 0.2) is 12.0 Å². The van der Waals surface area contributed by atoms with Crippen LogP contribution in [0.5, 0.6) is 0 Å². The highest BCUT2D eigenvalue weighted by Crippen LogP contribution is 2.18. The molecule has 0 atom stereocenters. The number of hydrogen-bond acceptors (Lipinski definition) is 2. The minimum atomic E-state index is 0.465. The van der Waals surface area contributed by atoms with Crippen molar-refractivity contribution in [1.29, 1.82) is 0 Å². The van der Waals surface area contributed by atoms with Gasteiger partial charge in [0.1, 0.15) is 5.52 Å². The number of fused-ring (bicyclic) bond motifs is 1. The summed E-state index contributed by atoms with van der Waals surface area (Å²) in [7, 11) is 0. The molecule has 1 heterocycles. The largest absolute Gasteiger partial charge is 0.443 e. The van der Waals surface area contributed by atoms with E-state index in [9.17, 15) is 0 Å². The Kier molecular flexibility index (Phi) is 1.55. The molecule has 0 aliphatic heterocycles. The summed E-state index contributed by atoms with van der Waals surface area (Å²) in [6.07, 6.45) is 1.43. The number of rotatable bonds is 1. The third-order valence-corrected chi connectivity index (χ3v) is 1.87. The maximum absolute atomic E-state index is 5.68. The molecule has 0 fully saturated rings. The molecule has 2 nitrogen and oxygen atoms in total. The zero-order valence-corrected chi connectivity index (χ0v) is 6.51. The molecule has 0 bridgehead atoms. The number of benzene rings is 1. The third-order valence-electron chi connectivity index (χ3n) is 1.58. The highest BCUT2D eigenvalue weighted by molar-refractivity contribution is 6.17. The molecule has 3 heteroatoms. The van der Waals surface area contributed by atoms with E-state index in [1.165, 1.54) is 6.39 Å². The van der Waals surface area contributed by atoms with Gasteiger partial charge in [-0.3, -0.25) is 0 Å². The number of para-hydroxylation sites is 1. The number of oxazole rings is 1. The lowest BCUT2D eigenvalue weighted by atomic mass is 10.2. The van der Waals surface area contributed by atoms with Crippen molar-refractivity contribution in [3.8, 4) is 0 Å². The molecule has 0 amide bonds. The Bertz CT molecular complexity index is 369. The lowest BCUT2D eigenvalue weighted by Gasteiger charge is -1.92. The van der Waals surface area contributed by atoms with E-state index in [0.29, 0.717) is 5.88 Å². The van der Waals surface area contributed by atoms with Gasteiger partial charge in [0, 0.05) is 5.56 Å². The SMILES string of the molecule is ClCc1cccc2ncoc12. The van der Waals surface area contributed by atoms with Gasteiger partial charge >= 0.3 is 0 Å². The molecule has 0 saturated heterocycles. The van der Waals surface area contributed by atoms with E-state index in [4.69, 9.17) is 16.0 Å². The van der Waals surface area contributed by atoms with E-state index in [0.717, 1.165) is 16.7 Å². The summed E-state index contributed by atoms with van der Waals surface area (Å²) in [5, 5.41) is 0. The van der Waals surface area contributed by atoms with E-state index < -0.39 is 0 Å². The summed E-state index contributed by atoms with van der Waals surface area (Å²) >= 11 is 5.68. The van der Waals surface area contributed by atoms with Gasteiger partial charge in [-0.05, 0) is 6.07 Å². The first-order valence-corrected chi connectivity index (χ1v) is 3.82. The Balaban J connectivity index is 2.79. The van der Waals surface area contributed by atoms with Gasteiger partial charge in [-0.1, -0.05) is 12.1 Å². The molecular weight excluding hydrogens is 162 g/mol. The van der Waals surface area contributed by atoms with Crippen LogP contribution in [0.15, 0.2) is 29.0 Å². The minimum absolute atomic E-state index is 0.465. The molecule has 1 aromatic heterocycles. The highest BCUT2D eigenvalue weighted by atomic mass is 35.5. The Hall–Kier alpha value is -1.02. The summed E-state index contributed by atoms with van der Waals surface area (Å²) in [5.41, 5.74) is 2.65. The average Bonchev–Trinajstić information content (AvgIpc) is 2.50. The fourth-order valence-electron chi connectivity index (χ4n) is 1.05. The summed E-state index contributed by atoms with van der Waals surface area (Å²) in [6, 6.07) is 5.75. The molecule has 11 heavy (non-hydrogen) atoms. The molecule has 0 N–H and O–H groups in total. The van der Waals surface area contributed by atoms with Crippen LogP contribution >= 0.6 is 11.6 Å². The Labute approximate surface area is 68.8 Å². The number of alkyl halides is 1. The molecule has 0 radical (unpaired) electrons. The first kappa shape index (κ1) is 6.68. The monoisotopic (exact) mass is 167 g/mol. The maximum Gasteiger partial charge on any atom is 0.181 e. The quantitative estimate of drug-likeness (QED) is 0.611. The first-order valence-electron chi connectivity index (χ1n) is 3.29. The molecule has 0 unspecified atom stereocenters. The van der Waals surface area contributed by atoms with Gasteiger partial charge in [-0.2, -0.15) is 0 Å². The van der Waals surface area contributed by atoms with Crippen molar-refractivity contribution in [3.63, 3.8) is 0 Å². The van der Waals surface area contributed by atoms with Crippen LogP contribution in [-0.2, 0) is 5.88 Å². The number of hydrogen-bond donors (Lipinski definition) is 0. The Morgan fingerprint density at radius 2 is 2.36 bits per heavy atom. The topological polar surface area (TPSA) is 26.0 Å². The van der Waals surface area contributed by atoms with Crippen LogP contribution in [0.1, 0.15) is 5.56 Å². The molecule has 2 rings (SSSR count). The van der Waals surface area contributed by atoms with Gasteiger partial charge < -0.3 is 4.42 Å². The van der Waals surface area contributed by atoms with Crippen LogP contribution in [0, 0.1) is 0 Å². The van der Waals surface area contributed by atoms with E-state index in [-0.39, 0.29) is 0 Å². The average molecular weight is 168 g/mol. The van der Waals surface area contributed by atoms with Crippen LogP contribution in [0.4, 0.5) is 0 Å². The van der Waals surface area contributed by atoms with E-state index in [1.54, 1.807) is 0 Å². The van der Waals surface area contributed by atoms with E-state index >= 15 is 0 Å². The summed E-state index contributed by atoms with van der Waals surface area (Å²) in [4.78, 5) is 4.00. The molecule has 0 saturated carbocycles. The normalized spacial score (nSPS) is 10.6. The predicted molar refractivity (Wildman–Crippen MR) is 43.6 cm³/mol. The Morgan fingerprint density at radius 3 is 3.18 bits per heavy atom. The van der Waals surface area contributed by atoms with Crippen molar-refractivity contribution in [2.45, 2.75) is 5.88 Å². The molecule has 2 aromatic rings. The minimum Gasteiger partial charge on any atom is -0.443 e. The molecule has 1 aromatic carbocycles. The van der Waals surface area contributed by atoms with Gasteiger partial charge in [0.05, 0.1) is 5.88 Å². The van der Waals surface area contributed by atoms with Crippen molar-refractivity contribution in [2.24, 2.45) is 0 Å².